The Morgan fingerprint density at radius 2 is 1.58 bits per heavy atom. The minimum atomic E-state index is -0.398. The van der Waals surface area contributed by atoms with Gasteiger partial charge in [-0.15, -0.1) is 0 Å². The summed E-state index contributed by atoms with van der Waals surface area (Å²) in [5, 5.41) is 18.7. The lowest BCUT2D eigenvalue weighted by Gasteiger charge is -2.08. The van der Waals surface area contributed by atoms with Gasteiger partial charge in [-0.3, -0.25) is 19.0 Å². The van der Waals surface area contributed by atoms with Gasteiger partial charge in [-0.2, -0.15) is 15.3 Å². The second-order valence-corrected chi connectivity index (χ2v) is 8.23. The topological polar surface area (TPSA) is 112 Å². The third-order valence-corrected chi connectivity index (χ3v) is 5.64. The molecule has 0 bridgehead atoms. The van der Waals surface area contributed by atoms with Crippen LogP contribution in [0.1, 0.15) is 26.4 Å². The third-order valence-electron chi connectivity index (χ3n) is 5.64. The van der Waals surface area contributed by atoms with Crippen LogP contribution < -0.4 is 10.6 Å². The van der Waals surface area contributed by atoms with Crippen LogP contribution in [0.25, 0.3) is 16.9 Å². The van der Waals surface area contributed by atoms with Crippen LogP contribution in [0.4, 0.5) is 5.69 Å². The lowest BCUT2D eigenvalue weighted by atomic mass is 10.1. The summed E-state index contributed by atoms with van der Waals surface area (Å²) in [5.41, 5.74) is 3.93. The smallest absolute Gasteiger partial charge is 0.271 e. The van der Waals surface area contributed by atoms with E-state index in [-0.39, 0.29) is 11.6 Å². The zero-order chi connectivity index (χ0) is 25.1. The Bertz CT molecular complexity index is 1520. The molecule has 0 atom stereocenters. The number of amides is 2. The van der Waals surface area contributed by atoms with E-state index < -0.39 is 5.91 Å². The number of nitrogens with zero attached hydrogens (tertiary/aromatic N) is 6. The molecule has 0 spiro atoms. The molecule has 0 fully saturated rings. The summed E-state index contributed by atoms with van der Waals surface area (Å²) < 4.78 is 4.76. The van der Waals surface area contributed by atoms with Crippen molar-refractivity contribution in [1.29, 1.82) is 0 Å². The molecule has 5 rings (SSSR count). The minimum Gasteiger partial charge on any atom is -0.346 e. The van der Waals surface area contributed by atoms with E-state index in [0.29, 0.717) is 23.5 Å². The molecule has 0 unspecified atom stereocenters. The number of carbonyl (C=O) groups excluding carboxylic acids is 2. The SMILES string of the molecule is Cn1cc(CNC(=O)c2c(NC(=O)c3cn(-c4ccccc4)nc3-c3ccccc3)cnn2C)cn1. The van der Waals surface area contributed by atoms with Crippen molar-refractivity contribution in [2.75, 3.05) is 5.32 Å². The molecular weight excluding hydrogens is 456 g/mol. The highest BCUT2D eigenvalue weighted by Gasteiger charge is 2.23. The maximum atomic E-state index is 13.5. The number of benzene rings is 2. The number of hydrogen-bond donors (Lipinski definition) is 2. The molecule has 0 saturated heterocycles. The average molecular weight is 481 g/mol. The van der Waals surface area contributed by atoms with Gasteiger partial charge in [-0.1, -0.05) is 48.5 Å². The molecule has 36 heavy (non-hydrogen) atoms. The van der Waals surface area contributed by atoms with Crippen molar-refractivity contribution >= 4 is 17.5 Å². The van der Waals surface area contributed by atoms with Crippen molar-refractivity contribution in [2.24, 2.45) is 14.1 Å². The summed E-state index contributed by atoms with van der Waals surface area (Å²) in [6, 6.07) is 19.0. The Hall–Kier alpha value is -4.99. The van der Waals surface area contributed by atoms with Crippen molar-refractivity contribution in [3.63, 3.8) is 0 Å². The largest absolute Gasteiger partial charge is 0.346 e. The Morgan fingerprint density at radius 1 is 0.861 bits per heavy atom. The summed E-state index contributed by atoms with van der Waals surface area (Å²) in [6.45, 7) is 0.299. The van der Waals surface area contributed by atoms with Crippen molar-refractivity contribution in [1.82, 2.24) is 34.7 Å². The fourth-order valence-corrected chi connectivity index (χ4v) is 3.88. The normalized spacial score (nSPS) is 10.8. The zero-order valence-corrected chi connectivity index (χ0v) is 19.8. The number of aromatic nitrogens is 6. The molecule has 3 heterocycles. The van der Waals surface area contributed by atoms with E-state index in [2.05, 4.69) is 25.9 Å². The molecule has 10 heteroatoms. The van der Waals surface area contributed by atoms with E-state index in [9.17, 15) is 9.59 Å². The van der Waals surface area contributed by atoms with Gasteiger partial charge in [0.25, 0.3) is 11.8 Å². The summed E-state index contributed by atoms with van der Waals surface area (Å²) in [5.74, 6) is -0.761. The fraction of sp³-hybridized carbons (Fsp3) is 0.115. The van der Waals surface area contributed by atoms with Crippen LogP contribution in [0.2, 0.25) is 0 Å². The maximum Gasteiger partial charge on any atom is 0.271 e. The number of anilines is 1. The Balaban J connectivity index is 1.43. The number of nitrogens with one attached hydrogen (secondary N) is 2. The molecule has 0 saturated carbocycles. The lowest BCUT2D eigenvalue weighted by molar-refractivity contribution is 0.0942. The first-order valence-corrected chi connectivity index (χ1v) is 11.3. The number of aryl methyl sites for hydroxylation is 2. The summed E-state index contributed by atoms with van der Waals surface area (Å²) in [6.07, 6.45) is 6.65. The van der Waals surface area contributed by atoms with Gasteiger partial charge >= 0.3 is 0 Å². The van der Waals surface area contributed by atoms with Crippen molar-refractivity contribution in [3.05, 3.63) is 102 Å². The molecule has 0 radical (unpaired) electrons. The van der Waals surface area contributed by atoms with E-state index in [1.54, 1.807) is 28.8 Å². The third kappa shape index (κ3) is 4.64. The van der Waals surface area contributed by atoms with E-state index in [0.717, 1.165) is 16.8 Å². The van der Waals surface area contributed by atoms with Gasteiger partial charge in [0, 0.05) is 44.2 Å². The van der Waals surface area contributed by atoms with Crippen LogP contribution in [0.15, 0.2) is 85.5 Å². The number of carbonyl (C=O) groups is 2. The van der Waals surface area contributed by atoms with Crippen molar-refractivity contribution in [2.45, 2.75) is 6.54 Å². The molecule has 2 aromatic carbocycles. The monoisotopic (exact) mass is 480 g/mol. The predicted octanol–water partition coefficient (Wildman–Crippen LogP) is 3.19. The van der Waals surface area contributed by atoms with Gasteiger partial charge in [-0.25, -0.2) is 4.68 Å². The van der Waals surface area contributed by atoms with E-state index >= 15 is 0 Å². The molecule has 3 aromatic heterocycles. The predicted molar refractivity (Wildman–Crippen MR) is 135 cm³/mol. The highest BCUT2D eigenvalue weighted by molar-refractivity contribution is 6.10. The van der Waals surface area contributed by atoms with Gasteiger partial charge < -0.3 is 10.6 Å². The van der Waals surface area contributed by atoms with Crippen LogP contribution in [0.5, 0.6) is 0 Å². The van der Waals surface area contributed by atoms with E-state index in [1.807, 2.05) is 73.9 Å². The standard InChI is InChI=1S/C26H24N8O2/c1-32-16-18(14-28-32)13-27-26(36)24-22(15-29-33(24)2)30-25(35)21-17-34(20-11-7-4-8-12-20)31-23(21)19-9-5-3-6-10-19/h3-12,14-17H,13H2,1-2H3,(H,27,36)(H,30,35). The van der Waals surface area contributed by atoms with Gasteiger partial charge in [0.05, 0.1) is 29.3 Å². The van der Waals surface area contributed by atoms with Crippen LogP contribution in [0.3, 0.4) is 0 Å². The molecule has 0 aliphatic heterocycles. The molecule has 2 amide bonds. The van der Waals surface area contributed by atoms with Crippen molar-refractivity contribution in [3.8, 4) is 16.9 Å². The van der Waals surface area contributed by atoms with Gasteiger partial charge in [0.2, 0.25) is 0 Å². The first-order chi connectivity index (χ1) is 17.5. The minimum absolute atomic E-state index is 0.240. The first-order valence-electron chi connectivity index (χ1n) is 11.3. The van der Waals surface area contributed by atoms with Gasteiger partial charge in [-0.05, 0) is 12.1 Å². The number of rotatable bonds is 7. The highest BCUT2D eigenvalue weighted by Crippen LogP contribution is 2.25. The highest BCUT2D eigenvalue weighted by atomic mass is 16.2. The molecule has 10 nitrogen and oxygen atoms in total. The number of para-hydroxylation sites is 1. The van der Waals surface area contributed by atoms with E-state index in [4.69, 9.17) is 0 Å². The molecular formula is C26H24N8O2. The quantitative estimate of drug-likeness (QED) is 0.372. The first kappa shape index (κ1) is 22.8. The van der Waals surface area contributed by atoms with Crippen LogP contribution in [-0.4, -0.2) is 41.2 Å². The van der Waals surface area contributed by atoms with Crippen LogP contribution in [0, 0.1) is 0 Å². The fourth-order valence-electron chi connectivity index (χ4n) is 3.88. The van der Waals surface area contributed by atoms with Gasteiger partial charge in [0.15, 0.2) is 0 Å². The molecule has 0 aliphatic carbocycles. The average Bonchev–Trinajstić information content (AvgIpc) is 3.62. The van der Waals surface area contributed by atoms with E-state index in [1.165, 1.54) is 10.9 Å². The Labute approximate surface area is 207 Å². The van der Waals surface area contributed by atoms with Crippen LogP contribution in [-0.2, 0) is 20.6 Å². The molecule has 5 aromatic rings. The second kappa shape index (κ2) is 9.71. The molecule has 0 aliphatic rings. The van der Waals surface area contributed by atoms with Crippen LogP contribution >= 0.6 is 0 Å². The second-order valence-electron chi connectivity index (χ2n) is 8.23. The lowest BCUT2D eigenvalue weighted by Crippen LogP contribution is -2.26. The maximum absolute atomic E-state index is 13.5. The number of hydrogen-bond acceptors (Lipinski definition) is 5. The Morgan fingerprint density at radius 3 is 2.28 bits per heavy atom. The van der Waals surface area contributed by atoms with Crippen molar-refractivity contribution < 1.29 is 9.59 Å². The summed E-state index contributed by atoms with van der Waals surface area (Å²) in [7, 11) is 3.46. The zero-order valence-electron chi connectivity index (χ0n) is 19.8. The molecule has 180 valence electrons. The summed E-state index contributed by atoms with van der Waals surface area (Å²) >= 11 is 0. The Kier molecular flexibility index (Phi) is 6.14. The summed E-state index contributed by atoms with van der Waals surface area (Å²) in [4.78, 5) is 26.4. The van der Waals surface area contributed by atoms with Gasteiger partial charge in [0.1, 0.15) is 11.4 Å². The molecule has 2 N–H and O–H groups in total.